The van der Waals surface area contributed by atoms with Gasteiger partial charge in [-0.25, -0.2) is 0 Å². The molecule has 1 amide bonds. The summed E-state index contributed by atoms with van der Waals surface area (Å²) < 4.78 is 5.97. The van der Waals surface area contributed by atoms with Crippen molar-refractivity contribution in [2.45, 2.75) is 32.6 Å². The average Bonchev–Trinajstić information content (AvgIpc) is 2.54. The number of likely N-dealkylation sites (tertiary alicyclic amines) is 1. The molecule has 5 heteroatoms. The molecule has 128 valence electrons. The smallest absolute Gasteiger partial charge is 0.251 e. The molecule has 0 aliphatic carbocycles. The van der Waals surface area contributed by atoms with Crippen molar-refractivity contribution in [1.29, 1.82) is 0 Å². The Morgan fingerprint density at radius 1 is 1.43 bits per heavy atom. The van der Waals surface area contributed by atoms with Gasteiger partial charge in [0, 0.05) is 18.7 Å². The molecular weight excluding hydrogens is 356 g/mol. The Balaban J connectivity index is 1.65. The summed E-state index contributed by atoms with van der Waals surface area (Å²) in [6.45, 7) is 6.67. The van der Waals surface area contributed by atoms with Gasteiger partial charge in [-0.1, -0.05) is 6.92 Å². The van der Waals surface area contributed by atoms with Crippen LogP contribution in [0.15, 0.2) is 22.7 Å². The van der Waals surface area contributed by atoms with E-state index in [2.05, 4.69) is 33.1 Å². The molecule has 1 aromatic carbocycles. The number of nitrogens with one attached hydrogen (secondary N) is 1. The molecule has 1 aliphatic heterocycles. The van der Waals surface area contributed by atoms with Crippen LogP contribution in [0.3, 0.4) is 0 Å². The van der Waals surface area contributed by atoms with Crippen LogP contribution in [0.2, 0.25) is 0 Å². The van der Waals surface area contributed by atoms with Gasteiger partial charge in [0.2, 0.25) is 0 Å². The third-order valence-corrected chi connectivity index (χ3v) is 4.96. The molecule has 23 heavy (non-hydrogen) atoms. The van der Waals surface area contributed by atoms with Crippen molar-refractivity contribution < 1.29 is 9.53 Å². The summed E-state index contributed by atoms with van der Waals surface area (Å²) in [5, 5.41) is 2.99. The van der Waals surface area contributed by atoms with E-state index in [1.165, 1.54) is 25.9 Å². The van der Waals surface area contributed by atoms with Gasteiger partial charge in [-0.05, 0) is 78.8 Å². The molecule has 0 unspecified atom stereocenters. The Morgan fingerprint density at radius 3 is 2.96 bits per heavy atom. The molecule has 1 aromatic rings. The first-order valence-corrected chi connectivity index (χ1v) is 9.23. The van der Waals surface area contributed by atoms with Gasteiger partial charge < -0.3 is 15.0 Å². The van der Waals surface area contributed by atoms with Gasteiger partial charge in [0.25, 0.3) is 5.91 Å². The molecule has 1 N–H and O–H groups in total. The summed E-state index contributed by atoms with van der Waals surface area (Å²) in [7, 11) is 1.61. The lowest BCUT2D eigenvalue weighted by molar-refractivity contribution is 0.0952. The molecule has 0 aromatic heterocycles. The van der Waals surface area contributed by atoms with Gasteiger partial charge in [-0.3, -0.25) is 4.79 Å². The zero-order valence-corrected chi connectivity index (χ0v) is 15.7. The zero-order valence-electron chi connectivity index (χ0n) is 14.1. The van der Waals surface area contributed by atoms with E-state index in [1.54, 1.807) is 25.3 Å². The lowest BCUT2D eigenvalue weighted by atomic mass is 10.0. The van der Waals surface area contributed by atoms with E-state index in [-0.39, 0.29) is 5.91 Å². The minimum absolute atomic E-state index is 0.0278. The van der Waals surface area contributed by atoms with Crippen molar-refractivity contribution in [1.82, 2.24) is 10.2 Å². The van der Waals surface area contributed by atoms with E-state index in [0.717, 1.165) is 42.1 Å². The second-order valence-electron chi connectivity index (χ2n) is 6.36. The number of benzene rings is 1. The maximum Gasteiger partial charge on any atom is 0.251 e. The standard InChI is InChI=1S/C18H27BrN2O2/c1-14-6-5-11-21(13-14)10-4-3-9-20-18(22)15-7-8-17(23-2)16(19)12-15/h7-8,12,14H,3-6,9-11,13H2,1-2H3,(H,20,22)/t14-/m0/s1. The normalized spacial score (nSPS) is 18.7. The summed E-state index contributed by atoms with van der Waals surface area (Å²) in [5.74, 6) is 1.54. The molecule has 0 bridgehead atoms. The van der Waals surface area contributed by atoms with Crippen LogP contribution < -0.4 is 10.1 Å². The van der Waals surface area contributed by atoms with E-state index < -0.39 is 0 Å². The largest absolute Gasteiger partial charge is 0.496 e. The second-order valence-corrected chi connectivity index (χ2v) is 7.21. The predicted molar refractivity (Wildman–Crippen MR) is 97.1 cm³/mol. The van der Waals surface area contributed by atoms with Crippen molar-refractivity contribution in [3.05, 3.63) is 28.2 Å². The number of amides is 1. The first kappa shape index (κ1) is 18.3. The highest BCUT2D eigenvalue weighted by molar-refractivity contribution is 9.10. The van der Waals surface area contributed by atoms with Crippen LogP contribution in [0.5, 0.6) is 5.75 Å². The Bertz CT molecular complexity index is 522. The molecule has 1 fully saturated rings. The molecule has 1 atom stereocenters. The molecular formula is C18H27BrN2O2. The van der Waals surface area contributed by atoms with Crippen molar-refractivity contribution in [3.8, 4) is 5.75 Å². The topological polar surface area (TPSA) is 41.6 Å². The highest BCUT2D eigenvalue weighted by Crippen LogP contribution is 2.25. The average molecular weight is 383 g/mol. The van der Waals surface area contributed by atoms with Crippen LogP contribution in [-0.2, 0) is 0 Å². The molecule has 4 nitrogen and oxygen atoms in total. The Morgan fingerprint density at radius 2 is 2.26 bits per heavy atom. The molecule has 2 rings (SSSR count). The van der Waals surface area contributed by atoms with Crippen LogP contribution in [0.1, 0.15) is 43.0 Å². The number of carbonyl (C=O) groups is 1. The SMILES string of the molecule is COc1ccc(C(=O)NCCCCN2CCC[C@H](C)C2)cc1Br. The Kier molecular flexibility index (Phi) is 7.37. The quantitative estimate of drug-likeness (QED) is 0.730. The number of nitrogens with zero attached hydrogens (tertiary/aromatic N) is 1. The number of hydrogen-bond donors (Lipinski definition) is 1. The number of rotatable bonds is 7. The van der Waals surface area contributed by atoms with E-state index in [9.17, 15) is 4.79 Å². The first-order valence-electron chi connectivity index (χ1n) is 8.44. The molecule has 0 spiro atoms. The molecule has 0 radical (unpaired) electrons. The van der Waals surface area contributed by atoms with Crippen molar-refractivity contribution in [2.75, 3.05) is 33.3 Å². The van der Waals surface area contributed by atoms with Crippen LogP contribution in [0, 0.1) is 5.92 Å². The minimum Gasteiger partial charge on any atom is -0.496 e. The van der Waals surface area contributed by atoms with Gasteiger partial charge in [0.05, 0.1) is 11.6 Å². The maximum atomic E-state index is 12.1. The van der Waals surface area contributed by atoms with Crippen molar-refractivity contribution >= 4 is 21.8 Å². The number of piperidine rings is 1. The number of halogens is 1. The fraction of sp³-hybridized carbons (Fsp3) is 0.611. The Hall–Kier alpha value is -1.07. The number of methoxy groups -OCH3 is 1. The Labute approximate surface area is 147 Å². The highest BCUT2D eigenvalue weighted by Gasteiger charge is 2.15. The predicted octanol–water partition coefficient (Wildman–Crippen LogP) is 3.70. The van der Waals surface area contributed by atoms with Crippen LogP contribution in [-0.4, -0.2) is 44.1 Å². The lowest BCUT2D eigenvalue weighted by Gasteiger charge is -2.30. The fourth-order valence-electron chi connectivity index (χ4n) is 3.06. The van der Waals surface area contributed by atoms with E-state index in [0.29, 0.717) is 5.56 Å². The van der Waals surface area contributed by atoms with Gasteiger partial charge in [-0.2, -0.15) is 0 Å². The zero-order chi connectivity index (χ0) is 16.7. The number of carbonyl (C=O) groups excluding carboxylic acids is 1. The number of ether oxygens (including phenoxy) is 1. The summed E-state index contributed by atoms with van der Waals surface area (Å²) in [4.78, 5) is 14.7. The lowest BCUT2D eigenvalue weighted by Crippen LogP contribution is -2.35. The maximum absolute atomic E-state index is 12.1. The van der Waals surface area contributed by atoms with Gasteiger partial charge in [0.15, 0.2) is 0 Å². The number of hydrogen-bond acceptors (Lipinski definition) is 3. The summed E-state index contributed by atoms with van der Waals surface area (Å²) in [5.41, 5.74) is 0.655. The third-order valence-electron chi connectivity index (χ3n) is 4.34. The number of unbranched alkanes of at least 4 members (excludes halogenated alkanes) is 1. The van der Waals surface area contributed by atoms with Crippen LogP contribution in [0.25, 0.3) is 0 Å². The third kappa shape index (κ3) is 5.81. The molecule has 1 heterocycles. The van der Waals surface area contributed by atoms with Gasteiger partial charge >= 0.3 is 0 Å². The summed E-state index contributed by atoms with van der Waals surface area (Å²) in [6, 6.07) is 5.38. The first-order chi connectivity index (χ1) is 11.1. The van der Waals surface area contributed by atoms with Gasteiger partial charge in [-0.15, -0.1) is 0 Å². The fourth-order valence-corrected chi connectivity index (χ4v) is 3.60. The minimum atomic E-state index is -0.0278. The van der Waals surface area contributed by atoms with Gasteiger partial charge in [0.1, 0.15) is 5.75 Å². The van der Waals surface area contributed by atoms with Crippen LogP contribution in [0.4, 0.5) is 0 Å². The van der Waals surface area contributed by atoms with Crippen LogP contribution >= 0.6 is 15.9 Å². The molecule has 1 aliphatic rings. The monoisotopic (exact) mass is 382 g/mol. The van der Waals surface area contributed by atoms with E-state index in [1.807, 2.05) is 0 Å². The highest BCUT2D eigenvalue weighted by atomic mass is 79.9. The summed E-state index contributed by atoms with van der Waals surface area (Å²) >= 11 is 3.41. The van der Waals surface area contributed by atoms with Crippen molar-refractivity contribution in [2.24, 2.45) is 5.92 Å². The van der Waals surface area contributed by atoms with E-state index in [4.69, 9.17) is 4.74 Å². The molecule has 0 saturated carbocycles. The van der Waals surface area contributed by atoms with E-state index >= 15 is 0 Å². The molecule has 1 saturated heterocycles. The second kappa shape index (κ2) is 9.28. The van der Waals surface area contributed by atoms with Crippen molar-refractivity contribution in [3.63, 3.8) is 0 Å². The summed E-state index contributed by atoms with van der Waals surface area (Å²) in [6.07, 6.45) is 4.85.